The standard InChI is InChI=1S/C19H37NO5/c1-20(2,3)16-17(15-18(22)23)25-19(24)13-11-9-7-5-4-6-8-10-12-14-21/h17,21H,4-16H2,1-3H3. The second-order valence-corrected chi connectivity index (χ2v) is 7.82. The molecule has 0 radical (unpaired) electrons. The number of carbonyl (C=O) groups is 2. The Bertz CT molecular complexity index is 365. The lowest BCUT2D eigenvalue weighted by atomic mass is 10.1. The molecule has 0 aliphatic carbocycles. The van der Waals surface area contributed by atoms with E-state index in [4.69, 9.17) is 9.84 Å². The molecule has 0 aromatic carbocycles. The number of aliphatic carboxylic acids is 1. The number of likely N-dealkylation sites (N-methyl/N-ethyl adjacent to an activating group) is 1. The zero-order chi connectivity index (χ0) is 19.1. The minimum Gasteiger partial charge on any atom is -0.550 e. The van der Waals surface area contributed by atoms with E-state index >= 15 is 0 Å². The number of ether oxygens (including phenoxy) is 1. The van der Waals surface area contributed by atoms with Gasteiger partial charge in [0, 0.05) is 25.4 Å². The molecule has 0 aliphatic heterocycles. The molecule has 0 aromatic rings. The molecule has 1 unspecified atom stereocenters. The van der Waals surface area contributed by atoms with E-state index in [9.17, 15) is 14.7 Å². The van der Waals surface area contributed by atoms with E-state index < -0.39 is 12.1 Å². The van der Waals surface area contributed by atoms with Gasteiger partial charge >= 0.3 is 5.97 Å². The van der Waals surface area contributed by atoms with Crippen LogP contribution in [-0.2, 0) is 14.3 Å². The first-order chi connectivity index (χ1) is 11.7. The number of rotatable bonds is 16. The fourth-order valence-corrected chi connectivity index (χ4v) is 2.80. The van der Waals surface area contributed by atoms with Crippen LogP contribution in [0.2, 0.25) is 0 Å². The van der Waals surface area contributed by atoms with E-state index in [1.54, 1.807) is 0 Å². The van der Waals surface area contributed by atoms with E-state index in [-0.39, 0.29) is 19.0 Å². The van der Waals surface area contributed by atoms with Gasteiger partial charge in [-0.2, -0.15) is 0 Å². The maximum absolute atomic E-state index is 11.9. The third-order valence-electron chi connectivity index (χ3n) is 3.98. The zero-order valence-corrected chi connectivity index (χ0v) is 16.3. The van der Waals surface area contributed by atoms with E-state index in [1.807, 2.05) is 21.1 Å². The molecule has 0 amide bonds. The number of nitrogens with zero attached hydrogens (tertiary/aromatic N) is 1. The average Bonchev–Trinajstić information content (AvgIpc) is 2.46. The van der Waals surface area contributed by atoms with E-state index in [0.29, 0.717) is 17.4 Å². The SMILES string of the molecule is C[N+](C)(C)CC(CC(=O)[O-])OC(=O)CCCCCCCCCCCO. The number of carboxylic acid groups (broad SMARTS) is 1. The van der Waals surface area contributed by atoms with Gasteiger partial charge in [0.15, 0.2) is 6.10 Å². The smallest absolute Gasteiger partial charge is 0.306 e. The quantitative estimate of drug-likeness (QED) is 0.257. The summed E-state index contributed by atoms with van der Waals surface area (Å²) >= 11 is 0. The van der Waals surface area contributed by atoms with Gasteiger partial charge in [0.2, 0.25) is 0 Å². The second-order valence-electron chi connectivity index (χ2n) is 7.82. The Morgan fingerprint density at radius 1 is 0.920 bits per heavy atom. The van der Waals surface area contributed by atoms with Crippen molar-refractivity contribution in [2.75, 3.05) is 34.3 Å². The summed E-state index contributed by atoms with van der Waals surface area (Å²) in [6, 6.07) is 0. The van der Waals surface area contributed by atoms with Crippen molar-refractivity contribution in [3.63, 3.8) is 0 Å². The Labute approximate surface area is 152 Å². The summed E-state index contributed by atoms with van der Waals surface area (Å²) in [5.74, 6) is -1.51. The molecular formula is C19H37NO5. The summed E-state index contributed by atoms with van der Waals surface area (Å²) in [5, 5.41) is 19.5. The van der Waals surface area contributed by atoms with E-state index in [2.05, 4.69) is 0 Å². The van der Waals surface area contributed by atoms with Crippen molar-refractivity contribution in [2.45, 2.75) is 76.7 Å². The van der Waals surface area contributed by atoms with Gasteiger partial charge in [0.25, 0.3) is 0 Å². The Kier molecular flexibility index (Phi) is 13.4. The van der Waals surface area contributed by atoms with Crippen LogP contribution in [0.25, 0.3) is 0 Å². The average molecular weight is 360 g/mol. The Balaban J connectivity index is 3.77. The highest BCUT2D eigenvalue weighted by Crippen LogP contribution is 2.12. The molecular weight excluding hydrogens is 322 g/mol. The summed E-state index contributed by atoms with van der Waals surface area (Å²) in [5.41, 5.74) is 0. The highest BCUT2D eigenvalue weighted by molar-refractivity contribution is 5.70. The molecule has 148 valence electrons. The summed E-state index contributed by atoms with van der Waals surface area (Å²) in [7, 11) is 5.79. The van der Waals surface area contributed by atoms with Crippen molar-refractivity contribution in [2.24, 2.45) is 0 Å². The lowest BCUT2D eigenvalue weighted by Gasteiger charge is -2.29. The number of hydrogen-bond donors (Lipinski definition) is 1. The first kappa shape index (κ1) is 23.9. The van der Waals surface area contributed by atoms with Crippen molar-refractivity contribution < 1.29 is 29.0 Å². The Morgan fingerprint density at radius 3 is 1.84 bits per heavy atom. The number of carbonyl (C=O) groups excluding carboxylic acids is 2. The second kappa shape index (κ2) is 14.1. The molecule has 0 saturated carbocycles. The predicted octanol–water partition coefficient (Wildman–Crippen LogP) is 1.64. The van der Waals surface area contributed by atoms with Gasteiger partial charge in [0.05, 0.1) is 21.1 Å². The molecule has 1 N–H and O–H groups in total. The molecule has 0 spiro atoms. The predicted molar refractivity (Wildman–Crippen MR) is 95.7 cm³/mol. The summed E-state index contributed by atoms with van der Waals surface area (Å²) in [4.78, 5) is 22.7. The zero-order valence-electron chi connectivity index (χ0n) is 16.3. The number of unbranched alkanes of at least 4 members (excludes halogenated alkanes) is 8. The Morgan fingerprint density at radius 2 is 1.40 bits per heavy atom. The van der Waals surface area contributed by atoms with Gasteiger partial charge in [0.1, 0.15) is 6.54 Å². The van der Waals surface area contributed by atoms with Gasteiger partial charge in [-0.25, -0.2) is 0 Å². The molecule has 25 heavy (non-hydrogen) atoms. The van der Waals surface area contributed by atoms with Crippen molar-refractivity contribution in [3.8, 4) is 0 Å². The maximum Gasteiger partial charge on any atom is 0.306 e. The lowest BCUT2D eigenvalue weighted by Crippen LogP contribution is -2.45. The lowest BCUT2D eigenvalue weighted by molar-refractivity contribution is -0.873. The van der Waals surface area contributed by atoms with Crippen molar-refractivity contribution in [3.05, 3.63) is 0 Å². The molecule has 0 saturated heterocycles. The number of carboxylic acids is 1. The fourth-order valence-electron chi connectivity index (χ4n) is 2.80. The van der Waals surface area contributed by atoms with Crippen LogP contribution in [0.4, 0.5) is 0 Å². The normalized spacial score (nSPS) is 12.8. The maximum atomic E-state index is 11.9. The van der Waals surface area contributed by atoms with Gasteiger partial charge in [-0.1, -0.05) is 44.9 Å². The topological polar surface area (TPSA) is 86.7 Å². The molecule has 0 aromatic heterocycles. The van der Waals surface area contributed by atoms with Crippen LogP contribution in [0.1, 0.15) is 70.6 Å². The van der Waals surface area contributed by atoms with Crippen molar-refractivity contribution >= 4 is 11.9 Å². The molecule has 0 fully saturated rings. The summed E-state index contributed by atoms with van der Waals surface area (Å²) < 4.78 is 5.86. The molecule has 0 aliphatic rings. The summed E-state index contributed by atoms with van der Waals surface area (Å²) in [6.45, 7) is 0.741. The third kappa shape index (κ3) is 17.5. The molecule has 0 heterocycles. The van der Waals surface area contributed by atoms with Gasteiger partial charge in [-0.15, -0.1) is 0 Å². The fraction of sp³-hybridized carbons (Fsp3) is 0.895. The molecule has 0 rings (SSSR count). The number of aliphatic hydroxyl groups excluding tert-OH is 1. The number of quaternary nitrogens is 1. The van der Waals surface area contributed by atoms with E-state index in [0.717, 1.165) is 32.1 Å². The monoisotopic (exact) mass is 359 g/mol. The van der Waals surface area contributed by atoms with Crippen molar-refractivity contribution in [1.82, 2.24) is 0 Å². The molecule has 1 atom stereocenters. The van der Waals surface area contributed by atoms with Gasteiger partial charge in [-0.3, -0.25) is 4.79 Å². The first-order valence-electron chi connectivity index (χ1n) is 9.55. The largest absolute Gasteiger partial charge is 0.550 e. The highest BCUT2D eigenvalue weighted by Gasteiger charge is 2.22. The van der Waals surface area contributed by atoms with Gasteiger partial charge in [-0.05, 0) is 12.8 Å². The van der Waals surface area contributed by atoms with Crippen LogP contribution in [0.3, 0.4) is 0 Å². The minimum absolute atomic E-state index is 0.252. The third-order valence-corrected chi connectivity index (χ3v) is 3.98. The highest BCUT2D eigenvalue weighted by atomic mass is 16.5. The van der Waals surface area contributed by atoms with Crippen LogP contribution < -0.4 is 5.11 Å². The minimum atomic E-state index is -1.19. The molecule has 6 nitrogen and oxygen atoms in total. The molecule has 6 heteroatoms. The number of esters is 1. The molecule has 0 bridgehead atoms. The Hall–Kier alpha value is -1.14. The summed E-state index contributed by atoms with van der Waals surface area (Å²) in [6.07, 6.45) is 9.10. The van der Waals surface area contributed by atoms with E-state index in [1.165, 1.54) is 25.7 Å². The van der Waals surface area contributed by atoms with Crippen LogP contribution in [0, 0.1) is 0 Å². The first-order valence-corrected chi connectivity index (χ1v) is 9.55. The van der Waals surface area contributed by atoms with Gasteiger partial charge < -0.3 is 24.2 Å². The number of hydrogen-bond acceptors (Lipinski definition) is 5. The van der Waals surface area contributed by atoms with Crippen LogP contribution in [-0.4, -0.2) is 61.9 Å². The van der Waals surface area contributed by atoms with Crippen molar-refractivity contribution in [1.29, 1.82) is 0 Å². The number of aliphatic hydroxyl groups is 1. The van der Waals surface area contributed by atoms with Crippen LogP contribution in [0.15, 0.2) is 0 Å². The van der Waals surface area contributed by atoms with Crippen LogP contribution >= 0.6 is 0 Å². The van der Waals surface area contributed by atoms with Crippen LogP contribution in [0.5, 0.6) is 0 Å².